The van der Waals surface area contributed by atoms with Crippen LogP contribution in [0, 0.1) is 0 Å². The van der Waals surface area contributed by atoms with Gasteiger partial charge in [-0.2, -0.15) is 0 Å². The Morgan fingerprint density at radius 3 is 1.16 bits per heavy atom. The number of carbonyl (C=O) groups is 1. The zero-order valence-corrected chi connectivity index (χ0v) is 53.4. The minimum absolute atomic E-state index is 0.0150. The molecule has 3 atom stereocenters. The minimum atomic E-state index is -4.62. The van der Waals surface area contributed by atoms with Crippen molar-refractivity contribution in [2.24, 2.45) is 0 Å². The molecule has 8 nitrogen and oxygen atoms in total. The van der Waals surface area contributed by atoms with Gasteiger partial charge in [-0.3, -0.25) is 9.36 Å². The number of carbonyl (C=O) groups excluding carboxylic acids is 1. The lowest BCUT2D eigenvalue weighted by molar-refractivity contribution is -0.870. The summed E-state index contributed by atoms with van der Waals surface area (Å²) in [7, 11) is 1.22. The molecule has 2 N–H and O–H groups in total. The predicted molar refractivity (Wildman–Crippen MR) is 348 cm³/mol. The van der Waals surface area contributed by atoms with E-state index in [9.17, 15) is 19.4 Å². The van der Waals surface area contributed by atoms with E-state index in [1.807, 2.05) is 27.2 Å². The van der Waals surface area contributed by atoms with Crippen LogP contribution in [-0.4, -0.2) is 68.5 Å². The molecular weight excluding hydrogens is 1010 g/mol. The van der Waals surface area contributed by atoms with Crippen molar-refractivity contribution in [1.82, 2.24) is 5.32 Å². The summed E-state index contributed by atoms with van der Waals surface area (Å²) in [6, 6.07) is -0.921. The van der Waals surface area contributed by atoms with E-state index in [0.717, 1.165) is 96.3 Å². The van der Waals surface area contributed by atoms with Gasteiger partial charge in [0.25, 0.3) is 7.82 Å². The molecule has 0 aliphatic rings. The lowest BCUT2D eigenvalue weighted by atomic mass is 10.0. The first-order chi connectivity index (χ1) is 39.0. The Bertz CT molecular complexity index is 1720. The fourth-order valence-corrected chi connectivity index (χ4v) is 9.77. The molecule has 0 saturated heterocycles. The Morgan fingerprint density at radius 1 is 0.450 bits per heavy atom. The first-order valence-corrected chi connectivity index (χ1v) is 34.4. The third-order valence-corrected chi connectivity index (χ3v) is 15.1. The second kappa shape index (κ2) is 60.5. The lowest BCUT2D eigenvalue weighted by Crippen LogP contribution is -2.45. The van der Waals surface area contributed by atoms with Crippen LogP contribution in [-0.2, 0) is 18.4 Å². The van der Waals surface area contributed by atoms with Gasteiger partial charge in [0.2, 0.25) is 5.91 Å². The second-order valence-electron chi connectivity index (χ2n) is 23.1. The van der Waals surface area contributed by atoms with Gasteiger partial charge in [0.15, 0.2) is 0 Å². The zero-order valence-electron chi connectivity index (χ0n) is 52.5. The number of rotatable bonds is 59. The molecule has 0 fully saturated rings. The maximum atomic E-state index is 13.0. The number of nitrogens with one attached hydrogen (secondary N) is 1. The van der Waals surface area contributed by atoms with E-state index in [0.29, 0.717) is 17.4 Å². The highest BCUT2D eigenvalue weighted by Gasteiger charge is 2.23. The van der Waals surface area contributed by atoms with Gasteiger partial charge in [-0.25, -0.2) is 0 Å². The highest BCUT2D eigenvalue weighted by atomic mass is 31.2. The van der Waals surface area contributed by atoms with E-state index in [1.54, 1.807) is 6.08 Å². The summed E-state index contributed by atoms with van der Waals surface area (Å²) in [6.07, 6.45) is 90.1. The Labute approximate surface area is 494 Å². The molecule has 80 heavy (non-hydrogen) atoms. The van der Waals surface area contributed by atoms with Gasteiger partial charge in [0.1, 0.15) is 13.2 Å². The first-order valence-electron chi connectivity index (χ1n) is 32.9. The van der Waals surface area contributed by atoms with E-state index in [-0.39, 0.29) is 12.5 Å². The molecule has 0 aromatic carbocycles. The van der Waals surface area contributed by atoms with Gasteiger partial charge < -0.3 is 28.8 Å². The van der Waals surface area contributed by atoms with Crippen LogP contribution >= 0.6 is 7.82 Å². The van der Waals surface area contributed by atoms with Crippen molar-refractivity contribution in [2.75, 3.05) is 40.9 Å². The molecule has 0 rings (SSSR count). The quantitative estimate of drug-likeness (QED) is 0.0272. The van der Waals surface area contributed by atoms with E-state index < -0.39 is 26.6 Å². The maximum Gasteiger partial charge on any atom is 0.268 e. The largest absolute Gasteiger partial charge is 0.756 e. The summed E-state index contributed by atoms with van der Waals surface area (Å²) in [6.45, 7) is 4.51. The third-order valence-electron chi connectivity index (χ3n) is 14.1. The number of likely N-dealkylation sites (N-methyl/N-ethyl adjacent to an activating group) is 1. The van der Waals surface area contributed by atoms with Gasteiger partial charge >= 0.3 is 0 Å². The third kappa shape index (κ3) is 62.5. The fourth-order valence-electron chi connectivity index (χ4n) is 9.05. The van der Waals surface area contributed by atoms with Crippen LogP contribution in [0.2, 0.25) is 0 Å². The highest BCUT2D eigenvalue weighted by Crippen LogP contribution is 2.38. The van der Waals surface area contributed by atoms with Gasteiger partial charge in [0, 0.05) is 6.42 Å². The van der Waals surface area contributed by atoms with Crippen LogP contribution in [0.25, 0.3) is 0 Å². The molecule has 1 amide bonds. The van der Waals surface area contributed by atoms with Crippen molar-refractivity contribution < 1.29 is 32.9 Å². The number of quaternary nitrogens is 1. The fraction of sp³-hybridized carbons (Fsp3) is 0.704. The summed E-state index contributed by atoms with van der Waals surface area (Å²) in [5.41, 5.74) is 0. The summed E-state index contributed by atoms with van der Waals surface area (Å²) >= 11 is 0. The number of aliphatic hydroxyl groups excluding tert-OH is 1. The van der Waals surface area contributed by atoms with Crippen molar-refractivity contribution in [3.63, 3.8) is 0 Å². The molecule has 0 bridgehead atoms. The molecule has 0 radical (unpaired) electrons. The Kier molecular flexibility index (Phi) is 58.1. The number of hydrogen-bond donors (Lipinski definition) is 2. The van der Waals surface area contributed by atoms with Crippen LogP contribution in [0.15, 0.2) is 122 Å². The van der Waals surface area contributed by atoms with E-state index in [4.69, 9.17) is 9.05 Å². The highest BCUT2D eigenvalue weighted by molar-refractivity contribution is 7.45. The summed E-state index contributed by atoms with van der Waals surface area (Å²) < 4.78 is 23.4. The molecule has 0 aromatic rings. The molecule has 0 heterocycles. The molecule has 0 spiro atoms. The van der Waals surface area contributed by atoms with Crippen LogP contribution in [0.1, 0.15) is 271 Å². The molecular formula is C71H125N2O6P. The average Bonchev–Trinajstić information content (AvgIpc) is 3.42. The Morgan fingerprint density at radius 2 is 0.775 bits per heavy atom. The number of nitrogens with zero attached hydrogens (tertiary/aromatic N) is 1. The number of hydrogen-bond acceptors (Lipinski definition) is 6. The zero-order chi connectivity index (χ0) is 58.4. The van der Waals surface area contributed by atoms with E-state index in [1.165, 1.54) is 154 Å². The smallest absolute Gasteiger partial charge is 0.268 e. The molecule has 0 aromatic heterocycles. The number of unbranched alkanes of at least 4 members (excludes halogenated alkanes) is 28. The van der Waals surface area contributed by atoms with Gasteiger partial charge in [-0.1, -0.05) is 283 Å². The van der Waals surface area contributed by atoms with Crippen LogP contribution in [0.3, 0.4) is 0 Å². The average molecular weight is 1130 g/mol. The summed E-state index contributed by atoms with van der Waals surface area (Å²) in [5.74, 6) is -0.218. The van der Waals surface area contributed by atoms with Crippen molar-refractivity contribution in [3.8, 4) is 0 Å². The summed E-state index contributed by atoms with van der Waals surface area (Å²) in [4.78, 5) is 25.6. The molecule has 3 unspecified atom stereocenters. The molecule has 460 valence electrons. The number of aliphatic hydroxyl groups is 1. The molecule has 9 heteroatoms. The topological polar surface area (TPSA) is 108 Å². The maximum absolute atomic E-state index is 13.0. The monoisotopic (exact) mass is 1130 g/mol. The standard InChI is InChI=1S/C71H125N2O6P/c1-6-8-10-12-14-16-18-20-22-24-26-28-30-32-33-34-35-36-37-38-39-41-43-45-47-49-51-53-55-57-59-61-63-65-71(75)72-69(68-79-80(76,77)78-67-66-73(3,4)5)70(74)64-62-60-58-56-54-52-50-48-46-44-42-40-31-29-27-25-23-21-19-17-15-13-11-9-7-2/h8,10,14,16,20,22,26,28,32-33,35-36,38-39,46,48,54,56,62,64,69-70,74H,6-7,9,11-13,15,17-19,21,23-25,27,29-31,34,37,40-45,47,49-53,55,57-61,63,65-68H2,1-5H3,(H-,72,75,76,77)/b10-8-,16-14-,22-20-,28-26-,33-32-,36-35-,39-38-,48-46+,56-54+,64-62+. The number of allylic oxidation sites excluding steroid dienone is 19. The number of phosphoric ester groups is 1. The van der Waals surface area contributed by atoms with Gasteiger partial charge in [-0.05, 0) is 103 Å². The van der Waals surface area contributed by atoms with Gasteiger partial charge in [-0.15, -0.1) is 0 Å². The van der Waals surface area contributed by atoms with E-state index in [2.05, 4.69) is 129 Å². The van der Waals surface area contributed by atoms with Crippen molar-refractivity contribution in [3.05, 3.63) is 122 Å². The second-order valence-corrected chi connectivity index (χ2v) is 24.5. The minimum Gasteiger partial charge on any atom is -0.756 e. The summed E-state index contributed by atoms with van der Waals surface area (Å²) in [5, 5.41) is 13.9. The number of amides is 1. The predicted octanol–water partition coefficient (Wildman–Crippen LogP) is 20.2. The Balaban J connectivity index is 4.22. The first kappa shape index (κ1) is 76.9. The van der Waals surface area contributed by atoms with Crippen LogP contribution in [0.5, 0.6) is 0 Å². The van der Waals surface area contributed by atoms with Crippen molar-refractivity contribution >= 4 is 13.7 Å². The molecule has 0 aliphatic heterocycles. The number of phosphoric acid groups is 1. The Hall–Kier alpha value is -3.10. The van der Waals surface area contributed by atoms with Gasteiger partial charge in [0.05, 0.1) is 39.9 Å². The normalized spacial score (nSPS) is 14.5. The van der Waals surface area contributed by atoms with Crippen LogP contribution < -0.4 is 10.2 Å². The lowest BCUT2D eigenvalue weighted by Gasteiger charge is -2.29. The van der Waals surface area contributed by atoms with Crippen LogP contribution in [0.4, 0.5) is 0 Å². The molecule has 0 aliphatic carbocycles. The molecule has 0 saturated carbocycles. The van der Waals surface area contributed by atoms with Crippen molar-refractivity contribution in [2.45, 2.75) is 283 Å². The van der Waals surface area contributed by atoms with Crippen molar-refractivity contribution in [1.29, 1.82) is 0 Å². The van der Waals surface area contributed by atoms with E-state index >= 15 is 0 Å². The SMILES string of the molecule is CC/C=C\C/C=C\C/C=C\C/C=C\C/C=C\C/C=C\C/C=C\CCCCCCCCCCCCCC(=O)NC(COP(=O)([O-])OCC[N+](C)(C)C)C(O)/C=C/CC/C=C/CC/C=C/CCCCCCCCCCCCCCCCC.